The molecule has 3 aromatic carbocycles. The predicted molar refractivity (Wildman–Crippen MR) is 167 cm³/mol. The van der Waals surface area contributed by atoms with Crippen molar-refractivity contribution in [1.29, 1.82) is 0 Å². The second kappa shape index (κ2) is 14.1. The highest BCUT2D eigenvalue weighted by Crippen LogP contribution is 2.32. The van der Waals surface area contributed by atoms with Gasteiger partial charge in [0, 0.05) is 12.6 Å². The molecule has 230 valence electrons. The molecule has 0 spiro atoms. The molecule has 1 fully saturated rings. The maximum Gasteiger partial charge on any atom is 0.264 e. The summed E-state index contributed by atoms with van der Waals surface area (Å²) in [5.41, 5.74) is 1.84. The van der Waals surface area contributed by atoms with Gasteiger partial charge in [-0.3, -0.25) is 13.9 Å². The number of methoxy groups -OCH3 is 2. The van der Waals surface area contributed by atoms with Gasteiger partial charge in [-0.2, -0.15) is 0 Å². The Balaban J connectivity index is 1.71. The number of rotatable bonds is 12. The van der Waals surface area contributed by atoms with Crippen LogP contribution in [0.3, 0.4) is 0 Å². The molecule has 1 atom stereocenters. The second-order valence-electron chi connectivity index (χ2n) is 10.7. The largest absolute Gasteiger partial charge is 0.497 e. The zero-order chi connectivity index (χ0) is 31.1. The standard InChI is InChI=1S/C32H38ClN3O6S/c1-22-9-16-28(17-10-22)43(39,40)36(26-13-18-30(42-4)29(33)19-26)21-31(37)35(20-24-11-14-27(41-3)15-12-24)23(2)32(38)34-25-7-5-6-8-25/h9-19,23,25H,5-8,20-21H2,1-4H3,(H,34,38). The average Bonchev–Trinajstić information content (AvgIpc) is 3.51. The Morgan fingerprint density at radius 1 is 0.977 bits per heavy atom. The number of hydrogen-bond acceptors (Lipinski definition) is 6. The zero-order valence-corrected chi connectivity index (χ0v) is 26.5. The number of hydrogen-bond donors (Lipinski definition) is 1. The van der Waals surface area contributed by atoms with E-state index in [0.29, 0.717) is 11.5 Å². The fourth-order valence-electron chi connectivity index (χ4n) is 5.08. The van der Waals surface area contributed by atoms with E-state index in [1.807, 2.05) is 19.1 Å². The Morgan fingerprint density at radius 3 is 2.21 bits per heavy atom. The van der Waals surface area contributed by atoms with Crippen LogP contribution >= 0.6 is 11.6 Å². The van der Waals surface area contributed by atoms with Crippen molar-refractivity contribution in [1.82, 2.24) is 10.2 Å². The fraction of sp³-hybridized carbons (Fsp3) is 0.375. The van der Waals surface area contributed by atoms with Crippen LogP contribution in [0, 0.1) is 6.92 Å². The van der Waals surface area contributed by atoms with Crippen molar-refractivity contribution >= 4 is 39.1 Å². The van der Waals surface area contributed by atoms with Gasteiger partial charge in [0.15, 0.2) is 0 Å². The predicted octanol–water partition coefficient (Wildman–Crippen LogP) is 5.34. The number of carbonyl (C=O) groups is 2. The Kier molecular flexibility index (Phi) is 10.6. The van der Waals surface area contributed by atoms with Gasteiger partial charge in [0.2, 0.25) is 11.8 Å². The average molecular weight is 628 g/mol. The highest BCUT2D eigenvalue weighted by Gasteiger charge is 2.33. The zero-order valence-electron chi connectivity index (χ0n) is 24.9. The normalized spacial score (nSPS) is 14.2. The lowest BCUT2D eigenvalue weighted by Crippen LogP contribution is -2.52. The molecule has 1 aliphatic carbocycles. The van der Waals surface area contributed by atoms with E-state index in [1.165, 1.54) is 36.3 Å². The number of nitrogens with zero attached hydrogens (tertiary/aromatic N) is 2. The minimum Gasteiger partial charge on any atom is -0.497 e. The molecule has 1 N–H and O–H groups in total. The van der Waals surface area contributed by atoms with E-state index in [2.05, 4.69) is 5.32 Å². The maximum absolute atomic E-state index is 14.1. The molecule has 0 saturated heterocycles. The summed E-state index contributed by atoms with van der Waals surface area (Å²) in [6.45, 7) is 3.05. The van der Waals surface area contributed by atoms with Crippen molar-refractivity contribution in [3.05, 3.63) is 82.9 Å². The molecule has 43 heavy (non-hydrogen) atoms. The summed E-state index contributed by atoms with van der Waals surface area (Å²) in [4.78, 5) is 28.9. The summed E-state index contributed by atoms with van der Waals surface area (Å²) in [7, 11) is -1.19. The Bertz CT molecular complexity index is 1520. The van der Waals surface area contributed by atoms with Gasteiger partial charge in [-0.05, 0) is 74.7 Å². The molecule has 4 rings (SSSR count). The molecule has 11 heteroatoms. The molecule has 0 aromatic heterocycles. The van der Waals surface area contributed by atoms with Gasteiger partial charge in [-0.1, -0.05) is 54.3 Å². The van der Waals surface area contributed by atoms with Gasteiger partial charge in [0.1, 0.15) is 24.1 Å². The van der Waals surface area contributed by atoms with E-state index < -0.39 is 28.5 Å². The van der Waals surface area contributed by atoms with E-state index >= 15 is 0 Å². The number of nitrogens with one attached hydrogen (secondary N) is 1. The molecule has 1 aliphatic rings. The summed E-state index contributed by atoms with van der Waals surface area (Å²) in [6.07, 6.45) is 3.88. The van der Waals surface area contributed by atoms with Crippen LogP contribution < -0.4 is 19.1 Å². The van der Waals surface area contributed by atoms with Crippen molar-refractivity contribution < 1.29 is 27.5 Å². The maximum atomic E-state index is 14.1. The summed E-state index contributed by atoms with van der Waals surface area (Å²) in [6, 6.07) is 17.3. The van der Waals surface area contributed by atoms with Crippen molar-refractivity contribution in [2.45, 2.75) is 63.1 Å². The summed E-state index contributed by atoms with van der Waals surface area (Å²) >= 11 is 6.39. The molecule has 0 radical (unpaired) electrons. The third-order valence-electron chi connectivity index (χ3n) is 7.69. The Labute approximate surface area is 258 Å². The van der Waals surface area contributed by atoms with Crippen LogP contribution in [0.2, 0.25) is 5.02 Å². The molecule has 1 saturated carbocycles. The number of halogens is 1. The monoisotopic (exact) mass is 627 g/mol. The van der Waals surface area contributed by atoms with Gasteiger partial charge in [0.05, 0.1) is 29.8 Å². The number of ether oxygens (including phenoxy) is 2. The second-order valence-corrected chi connectivity index (χ2v) is 12.9. The van der Waals surface area contributed by atoms with Crippen LogP contribution in [0.4, 0.5) is 5.69 Å². The molecular weight excluding hydrogens is 590 g/mol. The van der Waals surface area contributed by atoms with Crippen LogP contribution in [0.25, 0.3) is 0 Å². The molecule has 3 aromatic rings. The van der Waals surface area contributed by atoms with E-state index in [4.69, 9.17) is 21.1 Å². The summed E-state index contributed by atoms with van der Waals surface area (Å²) in [5, 5.41) is 3.26. The van der Waals surface area contributed by atoms with Gasteiger partial charge < -0.3 is 19.7 Å². The van der Waals surface area contributed by atoms with E-state index in [0.717, 1.165) is 41.1 Å². The molecule has 0 aliphatic heterocycles. The first-order chi connectivity index (χ1) is 20.5. The van der Waals surface area contributed by atoms with Crippen molar-refractivity contribution in [2.24, 2.45) is 0 Å². The van der Waals surface area contributed by atoms with Crippen LogP contribution in [-0.2, 0) is 26.2 Å². The molecule has 0 heterocycles. The van der Waals surface area contributed by atoms with Crippen LogP contribution in [-0.4, -0.2) is 58.0 Å². The van der Waals surface area contributed by atoms with Crippen molar-refractivity contribution in [3.63, 3.8) is 0 Å². The lowest BCUT2D eigenvalue weighted by Gasteiger charge is -2.32. The van der Waals surface area contributed by atoms with E-state index in [1.54, 1.807) is 44.4 Å². The number of aryl methyl sites for hydroxylation is 1. The van der Waals surface area contributed by atoms with Gasteiger partial charge in [-0.15, -0.1) is 0 Å². The van der Waals surface area contributed by atoms with Crippen molar-refractivity contribution in [2.75, 3.05) is 25.1 Å². The highest BCUT2D eigenvalue weighted by molar-refractivity contribution is 7.92. The lowest BCUT2D eigenvalue weighted by atomic mass is 10.1. The summed E-state index contributed by atoms with van der Waals surface area (Å²) in [5.74, 6) is 0.185. The number of amides is 2. The Morgan fingerprint density at radius 2 is 1.63 bits per heavy atom. The quantitative estimate of drug-likeness (QED) is 0.291. The fourth-order valence-corrected chi connectivity index (χ4v) is 6.74. The van der Waals surface area contributed by atoms with Crippen LogP contribution in [0.1, 0.15) is 43.7 Å². The third kappa shape index (κ3) is 7.80. The number of carbonyl (C=O) groups excluding carboxylic acids is 2. The molecule has 1 unspecified atom stereocenters. The minimum absolute atomic E-state index is 0.0200. The summed E-state index contributed by atoms with van der Waals surface area (Å²) < 4.78 is 39.6. The van der Waals surface area contributed by atoms with Gasteiger partial charge in [-0.25, -0.2) is 8.42 Å². The van der Waals surface area contributed by atoms with Gasteiger partial charge in [0.25, 0.3) is 10.0 Å². The molecule has 2 amide bonds. The molecule has 9 nitrogen and oxygen atoms in total. The van der Waals surface area contributed by atoms with Crippen LogP contribution in [0.5, 0.6) is 11.5 Å². The highest BCUT2D eigenvalue weighted by atomic mass is 35.5. The first kappa shape index (κ1) is 32.2. The molecular formula is C32H38ClN3O6S. The lowest BCUT2D eigenvalue weighted by molar-refractivity contribution is -0.139. The van der Waals surface area contributed by atoms with E-state index in [-0.39, 0.29) is 34.1 Å². The molecule has 0 bridgehead atoms. The SMILES string of the molecule is COc1ccc(CN(C(=O)CN(c2ccc(OC)c(Cl)c2)S(=O)(=O)c2ccc(C)cc2)C(C)C(=O)NC2CCCC2)cc1. The van der Waals surface area contributed by atoms with Crippen LogP contribution in [0.15, 0.2) is 71.6 Å². The topological polar surface area (TPSA) is 105 Å². The number of sulfonamides is 1. The van der Waals surface area contributed by atoms with Gasteiger partial charge >= 0.3 is 0 Å². The first-order valence-corrected chi connectivity index (χ1v) is 16.0. The minimum atomic E-state index is -4.21. The Hall–Kier alpha value is -3.76. The number of benzene rings is 3. The smallest absolute Gasteiger partial charge is 0.264 e. The van der Waals surface area contributed by atoms with E-state index in [9.17, 15) is 18.0 Å². The first-order valence-electron chi connectivity index (χ1n) is 14.2. The number of anilines is 1. The third-order valence-corrected chi connectivity index (χ3v) is 9.78. The van der Waals surface area contributed by atoms with Crippen molar-refractivity contribution in [3.8, 4) is 11.5 Å².